The van der Waals surface area contributed by atoms with E-state index in [1.165, 1.54) is 11.1 Å². The molecule has 0 spiro atoms. The Morgan fingerprint density at radius 1 is 1.33 bits per heavy atom. The van der Waals surface area contributed by atoms with Crippen molar-refractivity contribution >= 4 is 0 Å². The zero-order valence-electron chi connectivity index (χ0n) is 9.49. The van der Waals surface area contributed by atoms with Gasteiger partial charge in [0.15, 0.2) is 0 Å². The molecule has 1 atom stereocenters. The number of nitrogens with two attached hydrogens (primary N) is 1. The highest BCUT2D eigenvalue weighted by atomic mass is 16.5. The highest BCUT2D eigenvalue weighted by molar-refractivity contribution is 5.24. The zero-order valence-corrected chi connectivity index (χ0v) is 9.49. The van der Waals surface area contributed by atoms with Gasteiger partial charge in [0, 0.05) is 19.8 Å². The Kier molecular flexibility index (Phi) is 5.32. The van der Waals surface area contributed by atoms with E-state index in [0.717, 1.165) is 12.8 Å². The van der Waals surface area contributed by atoms with Gasteiger partial charge in [0.1, 0.15) is 0 Å². The summed E-state index contributed by atoms with van der Waals surface area (Å²) in [6, 6.07) is 8.72. The molecule has 1 aromatic rings. The van der Waals surface area contributed by atoms with Crippen molar-refractivity contribution in [2.24, 2.45) is 5.84 Å². The van der Waals surface area contributed by atoms with Crippen LogP contribution < -0.4 is 11.3 Å². The van der Waals surface area contributed by atoms with Crippen LogP contribution in [0.1, 0.15) is 30.5 Å². The second-order valence-electron chi connectivity index (χ2n) is 3.60. The van der Waals surface area contributed by atoms with Gasteiger partial charge in [0.05, 0.1) is 0 Å². The molecular weight excluding hydrogens is 188 g/mol. The van der Waals surface area contributed by atoms with Crippen LogP contribution in [0.5, 0.6) is 0 Å². The van der Waals surface area contributed by atoms with Crippen LogP contribution in [0.3, 0.4) is 0 Å². The van der Waals surface area contributed by atoms with Crippen molar-refractivity contribution in [1.82, 2.24) is 5.43 Å². The molecule has 0 fully saturated rings. The molecular formula is C12H20N2O. The Morgan fingerprint density at radius 2 is 2.00 bits per heavy atom. The van der Waals surface area contributed by atoms with Crippen LogP contribution in [0, 0.1) is 0 Å². The smallest absolute Gasteiger partial charge is 0.0481 e. The molecule has 0 bridgehead atoms. The van der Waals surface area contributed by atoms with Crippen LogP contribution in [0.2, 0.25) is 0 Å². The Hall–Kier alpha value is -0.900. The molecule has 0 saturated heterocycles. The fraction of sp³-hybridized carbons (Fsp3) is 0.500. The van der Waals surface area contributed by atoms with E-state index >= 15 is 0 Å². The van der Waals surface area contributed by atoms with Crippen LogP contribution in [-0.4, -0.2) is 13.7 Å². The molecule has 0 amide bonds. The lowest BCUT2D eigenvalue weighted by molar-refractivity contribution is 0.183. The summed E-state index contributed by atoms with van der Waals surface area (Å²) in [4.78, 5) is 0. The predicted molar refractivity (Wildman–Crippen MR) is 62.4 cm³/mol. The maximum Gasteiger partial charge on any atom is 0.0481 e. The minimum absolute atomic E-state index is 0.177. The number of ether oxygens (including phenoxy) is 1. The highest BCUT2D eigenvalue weighted by Gasteiger charge is 2.08. The third-order valence-electron chi connectivity index (χ3n) is 2.60. The summed E-state index contributed by atoms with van der Waals surface area (Å²) >= 11 is 0. The van der Waals surface area contributed by atoms with Gasteiger partial charge in [-0.05, 0) is 24.0 Å². The number of hydrogen-bond acceptors (Lipinski definition) is 3. The predicted octanol–water partition coefficient (Wildman–Crippen LogP) is 1.79. The second-order valence-corrected chi connectivity index (χ2v) is 3.60. The average molecular weight is 208 g/mol. The normalized spacial score (nSPS) is 12.7. The van der Waals surface area contributed by atoms with Crippen molar-refractivity contribution in [2.45, 2.75) is 25.8 Å². The number of rotatable bonds is 6. The van der Waals surface area contributed by atoms with Gasteiger partial charge >= 0.3 is 0 Å². The van der Waals surface area contributed by atoms with Gasteiger partial charge in [0.2, 0.25) is 0 Å². The van der Waals surface area contributed by atoms with Crippen molar-refractivity contribution in [2.75, 3.05) is 13.7 Å². The molecule has 1 aromatic carbocycles. The molecule has 3 N–H and O–H groups in total. The van der Waals surface area contributed by atoms with E-state index < -0.39 is 0 Å². The molecule has 1 rings (SSSR count). The first-order valence-corrected chi connectivity index (χ1v) is 5.35. The fourth-order valence-electron chi connectivity index (χ4n) is 1.57. The number of hydrogen-bond donors (Lipinski definition) is 2. The molecule has 1 unspecified atom stereocenters. The van der Waals surface area contributed by atoms with E-state index in [-0.39, 0.29) is 6.04 Å². The van der Waals surface area contributed by atoms with Gasteiger partial charge in [-0.1, -0.05) is 31.2 Å². The molecule has 15 heavy (non-hydrogen) atoms. The van der Waals surface area contributed by atoms with Gasteiger partial charge in [0.25, 0.3) is 0 Å². The molecule has 84 valence electrons. The first-order chi connectivity index (χ1) is 7.31. The third kappa shape index (κ3) is 3.63. The third-order valence-corrected chi connectivity index (χ3v) is 2.60. The van der Waals surface area contributed by atoms with Crippen LogP contribution in [0.25, 0.3) is 0 Å². The number of benzene rings is 1. The van der Waals surface area contributed by atoms with Crippen LogP contribution in [0.15, 0.2) is 24.3 Å². The summed E-state index contributed by atoms with van der Waals surface area (Å²) in [6.07, 6.45) is 1.96. The summed E-state index contributed by atoms with van der Waals surface area (Å²) in [6.45, 7) is 2.86. The number of hydrazine groups is 1. The van der Waals surface area contributed by atoms with E-state index in [4.69, 9.17) is 10.6 Å². The van der Waals surface area contributed by atoms with Crippen LogP contribution >= 0.6 is 0 Å². The van der Waals surface area contributed by atoms with Gasteiger partial charge in [-0.3, -0.25) is 11.3 Å². The molecule has 0 aliphatic heterocycles. The topological polar surface area (TPSA) is 47.3 Å². The first kappa shape index (κ1) is 12.2. The second kappa shape index (κ2) is 6.56. The lowest BCUT2D eigenvalue weighted by Crippen LogP contribution is -2.28. The Bertz CT molecular complexity index is 271. The summed E-state index contributed by atoms with van der Waals surface area (Å²) in [5.41, 5.74) is 5.37. The molecule has 0 aromatic heterocycles. The van der Waals surface area contributed by atoms with Crippen molar-refractivity contribution < 1.29 is 4.74 Å². The standard InChI is InChI=1S/C12H20N2O/c1-3-10-4-6-11(7-5-10)12(14-13)8-9-15-2/h4-7,12,14H,3,8-9,13H2,1-2H3. The van der Waals surface area contributed by atoms with Crippen LogP contribution in [-0.2, 0) is 11.2 Å². The maximum atomic E-state index is 5.51. The summed E-state index contributed by atoms with van der Waals surface area (Å²) < 4.78 is 5.04. The Balaban J connectivity index is 2.65. The molecule has 0 radical (unpaired) electrons. The molecule has 3 nitrogen and oxygen atoms in total. The number of aryl methyl sites for hydroxylation is 1. The van der Waals surface area contributed by atoms with Gasteiger partial charge in [-0.15, -0.1) is 0 Å². The van der Waals surface area contributed by atoms with Crippen molar-refractivity contribution in [3.05, 3.63) is 35.4 Å². The van der Waals surface area contributed by atoms with E-state index in [1.807, 2.05) is 0 Å². The minimum atomic E-state index is 0.177. The van der Waals surface area contributed by atoms with Crippen molar-refractivity contribution in [3.8, 4) is 0 Å². The van der Waals surface area contributed by atoms with E-state index in [2.05, 4.69) is 36.6 Å². The fourth-order valence-corrected chi connectivity index (χ4v) is 1.57. The number of nitrogens with one attached hydrogen (secondary N) is 1. The Labute approximate surface area is 91.6 Å². The lowest BCUT2D eigenvalue weighted by atomic mass is 10.0. The largest absolute Gasteiger partial charge is 0.385 e. The minimum Gasteiger partial charge on any atom is -0.385 e. The Morgan fingerprint density at radius 3 is 2.47 bits per heavy atom. The average Bonchev–Trinajstić information content (AvgIpc) is 2.31. The molecule has 0 aliphatic carbocycles. The van der Waals surface area contributed by atoms with Gasteiger partial charge in [-0.25, -0.2) is 0 Å². The highest BCUT2D eigenvalue weighted by Crippen LogP contribution is 2.16. The van der Waals surface area contributed by atoms with Crippen molar-refractivity contribution in [1.29, 1.82) is 0 Å². The van der Waals surface area contributed by atoms with E-state index in [1.54, 1.807) is 7.11 Å². The number of methoxy groups -OCH3 is 1. The molecule has 0 aliphatic rings. The van der Waals surface area contributed by atoms with Gasteiger partial charge < -0.3 is 4.74 Å². The maximum absolute atomic E-state index is 5.51. The first-order valence-electron chi connectivity index (χ1n) is 5.35. The molecule has 0 heterocycles. The lowest BCUT2D eigenvalue weighted by Gasteiger charge is -2.16. The van der Waals surface area contributed by atoms with E-state index in [0.29, 0.717) is 6.61 Å². The van der Waals surface area contributed by atoms with Crippen LogP contribution in [0.4, 0.5) is 0 Å². The summed E-state index contributed by atoms with van der Waals surface area (Å²) in [5, 5.41) is 0. The summed E-state index contributed by atoms with van der Waals surface area (Å²) in [5.74, 6) is 5.51. The SMILES string of the molecule is CCc1ccc(C(CCOC)NN)cc1. The quantitative estimate of drug-likeness (QED) is 0.553. The zero-order chi connectivity index (χ0) is 11.1. The van der Waals surface area contributed by atoms with E-state index in [9.17, 15) is 0 Å². The molecule has 0 saturated carbocycles. The van der Waals surface area contributed by atoms with Crippen molar-refractivity contribution in [3.63, 3.8) is 0 Å². The molecule has 3 heteroatoms. The summed E-state index contributed by atoms with van der Waals surface area (Å²) in [7, 11) is 1.70. The van der Waals surface area contributed by atoms with Gasteiger partial charge in [-0.2, -0.15) is 0 Å². The monoisotopic (exact) mass is 208 g/mol.